The Bertz CT molecular complexity index is 906. The Morgan fingerprint density at radius 2 is 1.85 bits per heavy atom. The number of carbonyl (C=O) groups is 1. The van der Waals surface area contributed by atoms with Gasteiger partial charge in [-0.2, -0.15) is 5.10 Å². The third-order valence-electron chi connectivity index (χ3n) is 3.89. The van der Waals surface area contributed by atoms with Crippen molar-refractivity contribution in [1.29, 1.82) is 0 Å². The van der Waals surface area contributed by atoms with Crippen molar-refractivity contribution < 1.29 is 14.6 Å². The number of phenols is 1. The SMILES string of the molecule is COc1ccc(CNc2n[nH]c(NCc3ccc(O)cc3)c2C(N)=O)cn1. The van der Waals surface area contributed by atoms with E-state index in [0.29, 0.717) is 30.6 Å². The largest absolute Gasteiger partial charge is 0.508 e. The number of nitrogens with one attached hydrogen (secondary N) is 3. The summed E-state index contributed by atoms with van der Waals surface area (Å²) in [7, 11) is 1.55. The summed E-state index contributed by atoms with van der Waals surface area (Å²) >= 11 is 0. The maximum absolute atomic E-state index is 11.9. The second-order valence-electron chi connectivity index (χ2n) is 5.77. The van der Waals surface area contributed by atoms with Gasteiger partial charge in [-0.15, -0.1) is 0 Å². The smallest absolute Gasteiger partial charge is 0.256 e. The lowest BCUT2D eigenvalue weighted by Gasteiger charge is -2.08. The fraction of sp³-hybridized carbons (Fsp3) is 0.167. The van der Waals surface area contributed by atoms with Gasteiger partial charge in [0.15, 0.2) is 5.82 Å². The molecule has 0 radical (unpaired) electrons. The van der Waals surface area contributed by atoms with Crippen LogP contribution in [0.25, 0.3) is 0 Å². The lowest BCUT2D eigenvalue weighted by Crippen LogP contribution is -2.16. The summed E-state index contributed by atoms with van der Waals surface area (Å²) in [6, 6.07) is 10.3. The molecular weight excluding hydrogens is 348 g/mol. The van der Waals surface area contributed by atoms with E-state index in [-0.39, 0.29) is 11.3 Å². The van der Waals surface area contributed by atoms with E-state index in [4.69, 9.17) is 10.5 Å². The van der Waals surface area contributed by atoms with E-state index in [2.05, 4.69) is 25.8 Å². The van der Waals surface area contributed by atoms with E-state index in [0.717, 1.165) is 11.1 Å². The first-order valence-corrected chi connectivity index (χ1v) is 8.19. The molecule has 0 aliphatic heterocycles. The van der Waals surface area contributed by atoms with Crippen LogP contribution in [0.15, 0.2) is 42.6 Å². The molecule has 9 nitrogen and oxygen atoms in total. The molecule has 27 heavy (non-hydrogen) atoms. The highest BCUT2D eigenvalue weighted by molar-refractivity contribution is 6.02. The van der Waals surface area contributed by atoms with Crippen LogP contribution in [-0.4, -0.2) is 33.3 Å². The summed E-state index contributed by atoms with van der Waals surface area (Å²) in [5, 5.41) is 22.4. The van der Waals surface area contributed by atoms with Crippen molar-refractivity contribution in [3.63, 3.8) is 0 Å². The highest BCUT2D eigenvalue weighted by atomic mass is 16.5. The average molecular weight is 368 g/mol. The number of carbonyl (C=O) groups excluding carboxylic acids is 1. The number of pyridine rings is 1. The number of hydrogen-bond donors (Lipinski definition) is 5. The van der Waals surface area contributed by atoms with Crippen LogP contribution in [-0.2, 0) is 13.1 Å². The summed E-state index contributed by atoms with van der Waals surface area (Å²) in [5.74, 6) is 0.888. The van der Waals surface area contributed by atoms with Gasteiger partial charge >= 0.3 is 0 Å². The molecule has 140 valence electrons. The molecular formula is C18H20N6O3. The predicted molar refractivity (Wildman–Crippen MR) is 101 cm³/mol. The maximum Gasteiger partial charge on any atom is 0.256 e. The maximum atomic E-state index is 11.9. The zero-order valence-corrected chi connectivity index (χ0v) is 14.7. The number of benzene rings is 1. The van der Waals surface area contributed by atoms with Crippen molar-refractivity contribution in [3.05, 3.63) is 59.3 Å². The minimum Gasteiger partial charge on any atom is -0.508 e. The number of aromatic nitrogens is 3. The Balaban J connectivity index is 1.68. The third kappa shape index (κ3) is 4.46. The summed E-state index contributed by atoms with van der Waals surface area (Å²) in [4.78, 5) is 16.0. The van der Waals surface area contributed by atoms with Gasteiger partial charge in [-0.05, 0) is 23.3 Å². The number of aromatic amines is 1. The topological polar surface area (TPSA) is 138 Å². The molecule has 2 heterocycles. The van der Waals surface area contributed by atoms with Crippen LogP contribution in [0.5, 0.6) is 11.6 Å². The van der Waals surface area contributed by atoms with Crippen LogP contribution < -0.4 is 21.1 Å². The van der Waals surface area contributed by atoms with Gasteiger partial charge in [0.05, 0.1) is 7.11 Å². The Kier molecular flexibility index (Phi) is 5.41. The van der Waals surface area contributed by atoms with Crippen LogP contribution >= 0.6 is 0 Å². The second-order valence-corrected chi connectivity index (χ2v) is 5.77. The lowest BCUT2D eigenvalue weighted by molar-refractivity contribution is 0.100. The Morgan fingerprint density at radius 3 is 2.48 bits per heavy atom. The van der Waals surface area contributed by atoms with Crippen LogP contribution in [0.2, 0.25) is 0 Å². The molecule has 0 saturated carbocycles. The fourth-order valence-corrected chi connectivity index (χ4v) is 2.46. The molecule has 0 atom stereocenters. The summed E-state index contributed by atoms with van der Waals surface area (Å²) in [6.45, 7) is 0.851. The number of anilines is 2. The third-order valence-corrected chi connectivity index (χ3v) is 3.89. The molecule has 0 spiro atoms. The minimum atomic E-state index is -0.604. The number of amides is 1. The van der Waals surface area contributed by atoms with Gasteiger partial charge < -0.3 is 26.2 Å². The number of nitrogens with two attached hydrogens (primary N) is 1. The first kappa shape index (κ1) is 18.1. The van der Waals surface area contributed by atoms with E-state index >= 15 is 0 Å². The molecule has 0 aliphatic carbocycles. The molecule has 1 aromatic carbocycles. The highest BCUT2D eigenvalue weighted by Gasteiger charge is 2.18. The Hall–Kier alpha value is -3.75. The Labute approximate surface area is 155 Å². The molecule has 1 amide bonds. The molecule has 3 aromatic rings. The number of hydrogen-bond acceptors (Lipinski definition) is 7. The lowest BCUT2D eigenvalue weighted by atomic mass is 10.2. The number of nitrogens with zero attached hydrogens (tertiary/aromatic N) is 2. The molecule has 0 saturated heterocycles. The first-order chi connectivity index (χ1) is 13.1. The van der Waals surface area contributed by atoms with Crippen molar-refractivity contribution in [2.75, 3.05) is 17.7 Å². The van der Waals surface area contributed by atoms with E-state index in [9.17, 15) is 9.90 Å². The minimum absolute atomic E-state index is 0.192. The van der Waals surface area contributed by atoms with E-state index < -0.39 is 5.91 Å². The number of methoxy groups -OCH3 is 1. The van der Waals surface area contributed by atoms with Crippen molar-refractivity contribution in [1.82, 2.24) is 15.2 Å². The van der Waals surface area contributed by atoms with Crippen molar-refractivity contribution >= 4 is 17.5 Å². The predicted octanol–water partition coefficient (Wildman–Crippen LogP) is 1.84. The van der Waals surface area contributed by atoms with Crippen LogP contribution in [0, 0.1) is 0 Å². The zero-order valence-electron chi connectivity index (χ0n) is 14.7. The molecule has 3 rings (SSSR count). The second kappa shape index (κ2) is 8.09. The van der Waals surface area contributed by atoms with Gasteiger partial charge in [0.1, 0.15) is 17.1 Å². The number of H-pyrrole nitrogens is 1. The number of ether oxygens (including phenoxy) is 1. The molecule has 0 fully saturated rings. The van der Waals surface area contributed by atoms with Gasteiger partial charge in [-0.1, -0.05) is 18.2 Å². The zero-order chi connectivity index (χ0) is 19.2. The number of primary amides is 1. The number of phenolic OH excluding ortho intramolecular Hbond substituents is 1. The molecule has 0 unspecified atom stereocenters. The van der Waals surface area contributed by atoms with Gasteiger partial charge in [0, 0.05) is 25.4 Å². The summed E-state index contributed by atoms with van der Waals surface area (Å²) in [6.07, 6.45) is 1.67. The van der Waals surface area contributed by atoms with Crippen LogP contribution in [0.1, 0.15) is 21.5 Å². The van der Waals surface area contributed by atoms with Gasteiger partial charge in [0.25, 0.3) is 5.91 Å². The standard InChI is InChI=1S/C18H20N6O3/c1-27-14-7-4-12(9-20-14)10-22-18-15(16(19)26)17(23-24-18)21-8-11-2-5-13(25)6-3-11/h2-7,9,25H,8,10H2,1H3,(H2,19,26)(H3,21,22,23,24). The number of aromatic hydroxyl groups is 1. The molecule has 0 bridgehead atoms. The molecule has 2 aromatic heterocycles. The summed E-state index contributed by atoms with van der Waals surface area (Å²) < 4.78 is 5.02. The average Bonchev–Trinajstić information content (AvgIpc) is 3.09. The molecule has 9 heteroatoms. The van der Waals surface area contributed by atoms with Gasteiger partial charge in [0.2, 0.25) is 5.88 Å². The van der Waals surface area contributed by atoms with Crippen LogP contribution in [0.4, 0.5) is 11.6 Å². The number of rotatable bonds is 8. The summed E-state index contributed by atoms with van der Waals surface area (Å²) in [5.41, 5.74) is 7.58. The normalized spacial score (nSPS) is 10.4. The van der Waals surface area contributed by atoms with E-state index in [1.807, 2.05) is 6.07 Å². The van der Waals surface area contributed by atoms with Gasteiger partial charge in [-0.25, -0.2) is 4.98 Å². The van der Waals surface area contributed by atoms with Crippen molar-refractivity contribution in [3.8, 4) is 11.6 Å². The van der Waals surface area contributed by atoms with Crippen molar-refractivity contribution in [2.45, 2.75) is 13.1 Å². The monoisotopic (exact) mass is 368 g/mol. The first-order valence-electron chi connectivity index (χ1n) is 8.19. The fourth-order valence-electron chi connectivity index (χ4n) is 2.46. The van der Waals surface area contributed by atoms with Gasteiger partial charge in [-0.3, -0.25) is 9.89 Å². The van der Waals surface area contributed by atoms with E-state index in [1.165, 1.54) is 0 Å². The highest BCUT2D eigenvalue weighted by Crippen LogP contribution is 2.22. The van der Waals surface area contributed by atoms with Crippen molar-refractivity contribution in [2.24, 2.45) is 5.73 Å². The quantitative estimate of drug-likeness (QED) is 0.409. The van der Waals surface area contributed by atoms with E-state index in [1.54, 1.807) is 43.6 Å². The molecule has 0 aliphatic rings. The molecule has 6 N–H and O–H groups in total. The van der Waals surface area contributed by atoms with Crippen LogP contribution in [0.3, 0.4) is 0 Å². The Morgan fingerprint density at radius 1 is 1.15 bits per heavy atom.